The van der Waals surface area contributed by atoms with Crippen molar-refractivity contribution in [3.63, 3.8) is 0 Å². The molecule has 1 aromatic carbocycles. The molecular formula is C23H31N3O2S. The van der Waals surface area contributed by atoms with Crippen LogP contribution in [0.4, 0.5) is 5.82 Å². The Morgan fingerprint density at radius 1 is 0.931 bits per heavy atom. The van der Waals surface area contributed by atoms with Crippen molar-refractivity contribution in [2.24, 2.45) is 0 Å². The van der Waals surface area contributed by atoms with E-state index in [1.165, 1.54) is 19.3 Å². The topological polar surface area (TPSA) is 53.5 Å². The Labute approximate surface area is 174 Å². The number of sulfonamides is 1. The van der Waals surface area contributed by atoms with Crippen LogP contribution in [-0.4, -0.2) is 37.3 Å². The number of hydrogen-bond acceptors (Lipinski definition) is 4. The third-order valence-corrected chi connectivity index (χ3v) is 8.12. The van der Waals surface area contributed by atoms with Crippen molar-refractivity contribution in [2.75, 3.05) is 24.5 Å². The number of nitrogens with zero attached hydrogens (tertiary/aromatic N) is 3. The van der Waals surface area contributed by atoms with Crippen LogP contribution in [0, 0.1) is 13.8 Å². The second-order valence-corrected chi connectivity index (χ2v) is 10.3. The predicted octanol–water partition coefficient (Wildman–Crippen LogP) is 4.60. The number of pyridine rings is 1. The first-order valence-corrected chi connectivity index (χ1v) is 12.2. The smallest absolute Gasteiger partial charge is 0.243 e. The Morgan fingerprint density at radius 2 is 1.62 bits per heavy atom. The maximum atomic E-state index is 13.4. The van der Waals surface area contributed by atoms with E-state index in [9.17, 15) is 8.42 Å². The minimum absolute atomic E-state index is 0.142. The molecule has 1 atom stereocenters. The Kier molecular flexibility index (Phi) is 5.93. The van der Waals surface area contributed by atoms with E-state index < -0.39 is 10.0 Å². The molecule has 1 unspecified atom stereocenters. The van der Waals surface area contributed by atoms with E-state index in [1.54, 1.807) is 16.4 Å². The fourth-order valence-corrected chi connectivity index (χ4v) is 6.26. The predicted molar refractivity (Wildman–Crippen MR) is 117 cm³/mol. The van der Waals surface area contributed by atoms with Crippen LogP contribution in [0.3, 0.4) is 0 Å². The van der Waals surface area contributed by atoms with Gasteiger partial charge < -0.3 is 4.90 Å². The molecule has 2 aliphatic rings. The van der Waals surface area contributed by atoms with Crippen molar-refractivity contribution in [1.29, 1.82) is 0 Å². The van der Waals surface area contributed by atoms with Gasteiger partial charge in [0.2, 0.25) is 10.0 Å². The minimum Gasteiger partial charge on any atom is -0.356 e. The van der Waals surface area contributed by atoms with E-state index in [1.807, 2.05) is 25.3 Å². The molecule has 0 bridgehead atoms. The van der Waals surface area contributed by atoms with Crippen LogP contribution in [0.15, 0.2) is 41.4 Å². The van der Waals surface area contributed by atoms with E-state index in [2.05, 4.69) is 17.9 Å². The summed E-state index contributed by atoms with van der Waals surface area (Å²) < 4.78 is 28.5. The molecule has 29 heavy (non-hydrogen) atoms. The first-order chi connectivity index (χ1) is 14.0. The zero-order valence-electron chi connectivity index (χ0n) is 17.5. The highest BCUT2D eigenvalue weighted by Crippen LogP contribution is 2.36. The lowest BCUT2D eigenvalue weighted by atomic mass is 9.97. The lowest BCUT2D eigenvalue weighted by molar-refractivity contribution is 0.255. The van der Waals surface area contributed by atoms with Crippen molar-refractivity contribution in [2.45, 2.75) is 63.3 Å². The monoisotopic (exact) mass is 413 g/mol. The van der Waals surface area contributed by atoms with Gasteiger partial charge in [0.1, 0.15) is 5.82 Å². The maximum absolute atomic E-state index is 13.4. The van der Waals surface area contributed by atoms with Crippen LogP contribution in [-0.2, 0) is 10.0 Å². The van der Waals surface area contributed by atoms with Crippen molar-refractivity contribution in [3.05, 3.63) is 53.2 Å². The first-order valence-electron chi connectivity index (χ1n) is 10.8. The quantitative estimate of drug-likeness (QED) is 0.735. The summed E-state index contributed by atoms with van der Waals surface area (Å²) in [6.07, 6.45) is 8.42. The van der Waals surface area contributed by atoms with Gasteiger partial charge in [-0.2, -0.15) is 4.31 Å². The lowest BCUT2D eigenvalue weighted by Gasteiger charge is -2.35. The molecule has 0 amide bonds. The molecule has 156 valence electrons. The molecular weight excluding hydrogens is 382 g/mol. The number of hydrogen-bond donors (Lipinski definition) is 0. The van der Waals surface area contributed by atoms with Crippen molar-refractivity contribution in [1.82, 2.24) is 9.29 Å². The molecule has 3 heterocycles. The van der Waals surface area contributed by atoms with Gasteiger partial charge in [-0.3, -0.25) is 0 Å². The zero-order valence-corrected chi connectivity index (χ0v) is 18.3. The summed E-state index contributed by atoms with van der Waals surface area (Å²) >= 11 is 0. The summed E-state index contributed by atoms with van der Waals surface area (Å²) in [6.45, 7) is 6.75. The molecule has 2 aromatic rings. The van der Waals surface area contributed by atoms with E-state index in [4.69, 9.17) is 4.98 Å². The van der Waals surface area contributed by atoms with E-state index >= 15 is 0 Å². The van der Waals surface area contributed by atoms with Gasteiger partial charge >= 0.3 is 0 Å². The largest absolute Gasteiger partial charge is 0.356 e. The van der Waals surface area contributed by atoms with Gasteiger partial charge in [0.25, 0.3) is 0 Å². The molecule has 4 rings (SSSR count). The molecule has 0 saturated carbocycles. The summed E-state index contributed by atoms with van der Waals surface area (Å²) in [4.78, 5) is 7.53. The number of aromatic nitrogens is 1. The van der Waals surface area contributed by atoms with Crippen LogP contribution in [0.25, 0.3) is 0 Å². The fourth-order valence-electron chi connectivity index (χ4n) is 4.58. The molecule has 0 N–H and O–H groups in total. The molecule has 2 saturated heterocycles. The van der Waals surface area contributed by atoms with Gasteiger partial charge in [-0.25, -0.2) is 13.4 Å². The summed E-state index contributed by atoms with van der Waals surface area (Å²) in [5, 5.41) is 0. The Balaban J connectivity index is 1.63. The molecule has 0 spiro atoms. The second kappa shape index (κ2) is 8.44. The Hall–Kier alpha value is -1.92. The standard InChI is InChI=1S/C23H31N3O2S/c1-18-9-11-21(12-10-18)29(27,28)26-15-7-4-8-22(26)20-16-19(2)23(24-17-20)25-13-5-3-6-14-25/h9-12,16-17,22H,3-8,13-15H2,1-2H3. The van der Waals surface area contributed by atoms with Gasteiger partial charge in [-0.1, -0.05) is 24.1 Å². The number of rotatable bonds is 4. The molecule has 2 aliphatic heterocycles. The number of aryl methyl sites for hydroxylation is 2. The fraction of sp³-hybridized carbons (Fsp3) is 0.522. The van der Waals surface area contributed by atoms with E-state index in [0.29, 0.717) is 11.4 Å². The molecule has 1 aromatic heterocycles. The molecule has 0 aliphatic carbocycles. The third kappa shape index (κ3) is 4.19. The van der Waals surface area contributed by atoms with Crippen LogP contribution in [0.2, 0.25) is 0 Å². The number of anilines is 1. The third-order valence-electron chi connectivity index (χ3n) is 6.19. The minimum atomic E-state index is -3.52. The van der Waals surface area contributed by atoms with Crippen molar-refractivity contribution < 1.29 is 8.42 Å². The first kappa shape index (κ1) is 20.4. The Morgan fingerprint density at radius 3 is 2.31 bits per heavy atom. The average Bonchev–Trinajstić information content (AvgIpc) is 2.74. The number of piperidine rings is 2. The van der Waals surface area contributed by atoms with Gasteiger partial charge in [-0.05, 0) is 75.3 Å². The second-order valence-electron chi connectivity index (χ2n) is 8.40. The highest BCUT2D eigenvalue weighted by atomic mass is 32.2. The van der Waals surface area contributed by atoms with Gasteiger partial charge in [0.05, 0.1) is 10.9 Å². The zero-order chi connectivity index (χ0) is 20.4. The summed E-state index contributed by atoms with van der Waals surface area (Å²) in [5.41, 5.74) is 3.22. The average molecular weight is 414 g/mol. The molecule has 6 heteroatoms. The van der Waals surface area contributed by atoms with E-state index in [-0.39, 0.29) is 6.04 Å². The highest BCUT2D eigenvalue weighted by molar-refractivity contribution is 7.89. The van der Waals surface area contributed by atoms with Crippen molar-refractivity contribution in [3.8, 4) is 0 Å². The van der Waals surface area contributed by atoms with E-state index in [0.717, 1.165) is 54.9 Å². The van der Waals surface area contributed by atoms with Crippen LogP contribution in [0.5, 0.6) is 0 Å². The molecule has 2 fully saturated rings. The summed E-state index contributed by atoms with van der Waals surface area (Å²) in [7, 11) is -3.52. The van der Waals surface area contributed by atoms with Gasteiger partial charge in [0.15, 0.2) is 0 Å². The highest BCUT2D eigenvalue weighted by Gasteiger charge is 2.34. The summed E-state index contributed by atoms with van der Waals surface area (Å²) in [5.74, 6) is 1.05. The Bertz CT molecular complexity index is 951. The normalized spacial score (nSPS) is 21.3. The maximum Gasteiger partial charge on any atom is 0.243 e. The van der Waals surface area contributed by atoms with Crippen LogP contribution in [0.1, 0.15) is 61.3 Å². The summed E-state index contributed by atoms with van der Waals surface area (Å²) in [6, 6.07) is 9.19. The van der Waals surface area contributed by atoms with Gasteiger partial charge in [-0.15, -0.1) is 0 Å². The van der Waals surface area contributed by atoms with Gasteiger partial charge in [0, 0.05) is 25.8 Å². The lowest BCUT2D eigenvalue weighted by Crippen LogP contribution is -2.38. The van der Waals surface area contributed by atoms with Crippen molar-refractivity contribution >= 4 is 15.8 Å². The van der Waals surface area contributed by atoms with Crippen LogP contribution < -0.4 is 4.90 Å². The molecule has 5 nitrogen and oxygen atoms in total. The number of benzene rings is 1. The molecule has 0 radical (unpaired) electrons. The van der Waals surface area contributed by atoms with Crippen LogP contribution >= 0.6 is 0 Å². The SMILES string of the molecule is Cc1ccc(S(=O)(=O)N2CCCCC2c2cnc(N3CCCCC3)c(C)c2)cc1.